The summed E-state index contributed by atoms with van der Waals surface area (Å²) in [5.41, 5.74) is 0.820. The molecule has 1 atom stereocenters. The molecule has 0 unspecified atom stereocenters. The highest BCUT2D eigenvalue weighted by molar-refractivity contribution is 5.74. The number of amides is 2. The lowest BCUT2D eigenvalue weighted by Crippen LogP contribution is -2.43. The lowest BCUT2D eigenvalue weighted by Gasteiger charge is -2.21. The minimum Gasteiger partial charge on any atom is -0.504 e. The van der Waals surface area contributed by atoms with Crippen LogP contribution in [0.2, 0.25) is 0 Å². The van der Waals surface area contributed by atoms with Gasteiger partial charge in [0.2, 0.25) is 0 Å². The minimum atomic E-state index is -0.190. The molecule has 0 bridgehead atoms. The van der Waals surface area contributed by atoms with Crippen molar-refractivity contribution in [1.82, 2.24) is 10.2 Å². The average Bonchev–Trinajstić information content (AvgIpc) is 2.39. The molecule has 6 nitrogen and oxygen atoms in total. The van der Waals surface area contributed by atoms with Crippen molar-refractivity contribution in [2.45, 2.75) is 19.5 Å². The molecule has 6 heteroatoms. The zero-order valence-corrected chi connectivity index (χ0v) is 12.3. The molecule has 1 aromatic rings. The van der Waals surface area contributed by atoms with Crippen molar-refractivity contribution in [2.24, 2.45) is 0 Å². The Balaban J connectivity index is 2.59. The lowest BCUT2D eigenvalue weighted by molar-refractivity contribution is 0.162. The van der Waals surface area contributed by atoms with Gasteiger partial charge in [0.15, 0.2) is 11.5 Å². The molecule has 0 aliphatic carbocycles. The van der Waals surface area contributed by atoms with Crippen LogP contribution in [0.1, 0.15) is 12.5 Å². The van der Waals surface area contributed by atoms with Gasteiger partial charge >= 0.3 is 6.03 Å². The number of aromatic hydroxyl groups is 1. The first kappa shape index (κ1) is 16.1. The normalized spacial score (nSPS) is 11.8. The van der Waals surface area contributed by atoms with E-state index in [1.54, 1.807) is 32.4 Å². The predicted octanol–water partition coefficient (Wildman–Crippen LogP) is 1.58. The van der Waals surface area contributed by atoms with Crippen molar-refractivity contribution in [3.8, 4) is 11.5 Å². The van der Waals surface area contributed by atoms with Gasteiger partial charge in [-0.2, -0.15) is 0 Å². The fourth-order valence-corrected chi connectivity index (χ4v) is 1.79. The highest BCUT2D eigenvalue weighted by Gasteiger charge is 2.13. The van der Waals surface area contributed by atoms with Gasteiger partial charge in [0.05, 0.1) is 19.8 Å². The Morgan fingerprint density at radius 3 is 2.70 bits per heavy atom. The van der Waals surface area contributed by atoms with E-state index in [1.807, 2.05) is 6.92 Å². The summed E-state index contributed by atoms with van der Waals surface area (Å²) in [6.45, 7) is 2.72. The molecule has 0 saturated heterocycles. The number of carbonyl (C=O) groups excluding carboxylic acids is 1. The highest BCUT2D eigenvalue weighted by Crippen LogP contribution is 2.26. The quantitative estimate of drug-likeness (QED) is 0.831. The van der Waals surface area contributed by atoms with Gasteiger partial charge in [-0.3, -0.25) is 0 Å². The summed E-state index contributed by atoms with van der Waals surface area (Å²) in [5, 5.41) is 12.5. The second kappa shape index (κ2) is 7.59. The van der Waals surface area contributed by atoms with E-state index in [4.69, 9.17) is 9.47 Å². The number of methoxy groups -OCH3 is 2. The number of rotatable bonds is 6. The zero-order valence-electron chi connectivity index (χ0n) is 12.3. The van der Waals surface area contributed by atoms with Crippen LogP contribution in [0.3, 0.4) is 0 Å². The number of benzene rings is 1. The van der Waals surface area contributed by atoms with E-state index in [9.17, 15) is 9.90 Å². The van der Waals surface area contributed by atoms with E-state index in [1.165, 1.54) is 12.0 Å². The molecule has 0 aromatic heterocycles. The molecule has 0 saturated carbocycles. The summed E-state index contributed by atoms with van der Waals surface area (Å²) < 4.78 is 9.94. The lowest BCUT2D eigenvalue weighted by atomic mass is 10.2. The smallest absolute Gasteiger partial charge is 0.317 e. The van der Waals surface area contributed by atoms with Crippen LogP contribution in [0.4, 0.5) is 4.79 Å². The molecular formula is C14H22N2O4. The average molecular weight is 282 g/mol. The molecule has 0 aliphatic heterocycles. The third kappa shape index (κ3) is 4.62. The van der Waals surface area contributed by atoms with Crippen LogP contribution < -0.4 is 10.1 Å². The third-order valence-corrected chi connectivity index (χ3v) is 2.80. The van der Waals surface area contributed by atoms with Crippen LogP contribution in [0.15, 0.2) is 18.2 Å². The van der Waals surface area contributed by atoms with Crippen molar-refractivity contribution in [1.29, 1.82) is 0 Å². The summed E-state index contributed by atoms with van der Waals surface area (Å²) >= 11 is 0. The Hall–Kier alpha value is -1.95. The van der Waals surface area contributed by atoms with Crippen LogP contribution in [0.25, 0.3) is 0 Å². The second-order valence-corrected chi connectivity index (χ2v) is 4.67. The maximum atomic E-state index is 11.9. The summed E-state index contributed by atoms with van der Waals surface area (Å²) in [6.07, 6.45) is 0. The van der Waals surface area contributed by atoms with E-state index in [0.717, 1.165) is 5.56 Å². The van der Waals surface area contributed by atoms with Crippen LogP contribution in [0, 0.1) is 0 Å². The number of ether oxygens (including phenoxy) is 2. The van der Waals surface area contributed by atoms with E-state index < -0.39 is 0 Å². The van der Waals surface area contributed by atoms with E-state index in [-0.39, 0.29) is 17.8 Å². The first-order chi connectivity index (χ1) is 9.47. The van der Waals surface area contributed by atoms with Crippen LogP contribution >= 0.6 is 0 Å². The first-order valence-electron chi connectivity index (χ1n) is 6.34. The largest absolute Gasteiger partial charge is 0.504 e. The Bertz CT molecular complexity index is 451. The number of hydrogen-bond donors (Lipinski definition) is 2. The second-order valence-electron chi connectivity index (χ2n) is 4.67. The van der Waals surface area contributed by atoms with Gasteiger partial charge < -0.3 is 24.8 Å². The predicted molar refractivity (Wildman–Crippen MR) is 76.0 cm³/mol. The van der Waals surface area contributed by atoms with Crippen LogP contribution in [-0.2, 0) is 11.3 Å². The number of carbonyl (C=O) groups is 1. The molecule has 0 spiro atoms. The molecule has 1 rings (SSSR count). The summed E-state index contributed by atoms with van der Waals surface area (Å²) in [4.78, 5) is 13.4. The number of hydrogen-bond acceptors (Lipinski definition) is 4. The SMILES string of the molecule is COC[C@H](C)NC(=O)N(C)Cc1ccc(OC)c(O)c1. The number of nitrogens with one attached hydrogen (secondary N) is 1. The van der Waals surface area contributed by atoms with Crippen molar-refractivity contribution in [2.75, 3.05) is 27.9 Å². The Labute approximate surface area is 119 Å². The van der Waals surface area contributed by atoms with Gasteiger partial charge in [-0.05, 0) is 24.6 Å². The topological polar surface area (TPSA) is 71.0 Å². The maximum Gasteiger partial charge on any atom is 0.317 e. The standard InChI is InChI=1S/C14H22N2O4/c1-10(9-19-3)15-14(18)16(2)8-11-5-6-13(20-4)12(17)7-11/h5-7,10,17H,8-9H2,1-4H3,(H,15,18)/t10-/m0/s1. The number of phenolic OH excluding ortho intramolecular Hbond substituents is 1. The van der Waals surface area contributed by atoms with E-state index >= 15 is 0 Å². The van der Waals surface area contributed by atoms with Crippen molar-refractivity contribution in [3.05, 3.63) is 23.8 Å². The van der Waals surface area contributed by atoms with E-state index in [0.29, 0.717) is 18.9 Å². The van der Waals surface area contributed by atoms with Gasteiger partial charge in [0, 0.05) is 20.7 Å². The van der Waals surface area contributed by atoms with Gasteiger partial charge in [-0.15, -0.1) is 0 Å². The molecule has 0 radical (unpaired) electrons. The fourth-order valence-electron chi connectivity index (χ4n) is 1.79. The monoisotopic (exact) mass is 282 g/mol. The zero-order chi connectivity index (χ0) is 15.1. The fraction of sp³-hybridized carbons (Fsp3) is 0.500. The van der Waals surface area contributed by atoms with Crippen molar-refractivity contribution in [3.63, 3.8) is 0 Å². The van der Waals surface area contributed by atoms with Crippen molar-refractivity contribution < 1.29 is 19.4 Å². The number of urea groups is 1. The maximum absolute atomic E-state index is 11.9. The molecule has 1 aromatic carbocycles. The van der Waals surface area contributed by atoms with Crippen LogP contribution in [-0.4, -0.2) is 50.0 Å². The van der Waals surface area contributed by atoms with E-state index in [2.05, 4.69) is 5.32 Å². The summed E-state index contributed by atoms with van der Waals surface area (Å²) in [7, 11) is 4.77. The molecular weight excluding hydrogens is 260 g/mol. The van der Waals surface area contributed by atoms with Crippen LogP contribution in [0.5, 0.6) is 11.5 Å². The van der Waals surface area contributed by atoms with Gasteiger partial charge in [0.25, 0.3) is 0 Å². The molecule has 0 heterocycles. The minimum absolute atomic E-state index is 0.0563. The molecule has 2 amide bonds. The number of phenols is 1. The van der Waals surface area contributed by atoms with Gasteiger partial charge in [0.1, 0.15) is 0 Å². The summed E-state index contributed by atoms with van der Waals surface area (Å²) in [6, 6.07) is 4.82. The molecule has 0 aliphatic rings. The Morgan fingerprint density at radius 1 is 1.45 bits per heavy atom. The van der Waals surface area contributed by atoms with Gasteiger partial charge in [-0.1, -0.05) is 6.07 Å². The Kier molecular flexibility index (Phi) is 6.11. The molecule has 0 fully saturated rings. The first-order valence-corrected chi connectivity index (χ1v) is 6.34. The Morgan fingerprint density at radius 2 is 2.15 bits per heavy atom. The van der Waals surface area contributed by atoms with Crippen molar-refractivity contribution >= 4 is 6.03 Å². The summed E-state index contributed by atoms with van der Waals surface area (Å²) in [5.74, 6) is 0.473. The highest BCUT2D eigenvalue weighted by atomic mass is 16.5. The molecule has 20 heavy (non-hydrogen) atoms. The number of nitrogens with zero attached hydrogens (tertiary/aromatic N) is 1. The third-order valence-electron chi connectivity index (χ3n) is 2.80. The molecule has 112 valence electrons. The molecule has 2 N–H and O–H groups in total. The van der Waals surface area contributed by atoms with Gasteiger partial charge in [-0.25, -0.2) is 4.79 Å².